The fourth-order valence-electron chi connectivity index (χ4n) is 3.90. The molecule has 5 heteroatoms. The molecule has 0 radical (unpaired) electrons. The molecule has 0 aromatic heterocycles. The van der Waals surface area contributed by atoms with Gasteiger partial charge in [-0.25, -0.2) is 9.18 Å². The summed E-state index contributed by atoms with van der Waals surface area (Å²) in [4.78, 5) is 11.5. The van der Waals surface area contributed by atoms with Crippen LogP contribution in [0.2, 0.25) is 0 Å². The first-order chi connectivity index (χ1) is 15.5. The standard InChI is InChI=1S/C27H25FO4/c1-17(14-27(29)31-3)21-9-8-20-10-13-25(32-26(20)15-21)19-6-4-18(5-7-19)23-16-22(30-2)11-12-24(23)28/h4-9,11-12,14-16,25H,10,13H2,1-3H3. The molecule has 0 saturated heterocycles. The highest BCUT2D eigenvalue weighted by atomic mass is 19.1. The third-order valence-electron chi connectivity index (χ3n) is 5.77. The predicted molar refractivity (Wildman–Crippen MR) is 122 cm³/mol. The molecular weight excluding hydrogens is 407 g/mol. The highest BCUT2D eigenvalue weighted by molar-refractivity contribution is 5.91. The second-order valence-corrected chi connectivity index (χ2v) is 7.79. The number of ether oxygens (including phenoxy) is 3. The number of benzene rings is 3. The number of hydrogen-bond acceptors (Lipinski definition) is 4. The van der Waals surface area contributed by atoms with E-state index in [1.807, 2.05) is 49.4 Å². The molecule has 3 aromatic carbocycles. The average molecular weight is 432 g/mol. The molecule has 0 amide bonds. The second kappa shape index (κ2) is 9.27. The molecule has 0 spiro atoms. The largest absolute Gasteiger partial charge is 0.497 e. The zero-order valence-electron chi connectivity index (χ0n) is 18.4. The van der Waals surface area contributed by atoms with E-state index < -0.39 is 0 Å². The van der Waals surface area contributed by atoms with Crippen LogP contribution >= 0.6 is 0 Å². The maximum Gasteiger partial charge on any atom is 0.330 e. The Morgan fingerprint density at radius 1 is 1.06 bits per heavy atom. The summed E-state index contributed by atoms with van der Waals surface area (Å²) in [6.07, 6.45) is 3.13. The molecule has 0 aliphatic carbocycles. The van der Waals surface area contributed by atoms with E-state index in [1.165, 1.54) is 19.3 Å². The minimum absolute atomic E-state index is 0.0909. The molecule has 4 nitrogen and oxygen atoms in total. The Bertz CT molecular complexity index is 1160. The second-order valence-electron chi connectivity index (χ2n) is 7.79. The number of methoxy groups -OCH3 is 2. The minimum Gasteiger partial charge on any atom is -0.497 e. The first-order valence-electron chi connectivity index (χ1n) is 10.5. The number of rotatable bonds is 5. The van der Waals surface area contributed by atoms with Crippen LogP contribution in [0.15, 0.2) is 66.7 Å². The van der Waals surface area contributed by atoms with Crippen molar-refractivity contribution in [1.29, 1.82) is 0 Å². The Labute approximate surface area is 187 Å². The number of carbonyl (C=O) groups excluding carboxylic acids is 1. The van der Waals surface area contributed by atoms with Crippen molar-refractivity contribution in [1.82, 2.24) is 0 Å². The molecular formula is C27H25FO4. The SMILES string of the molecule is COC(=O)C=C(C)c1ccc2c(c1)OC(c1ccc(-c3cc(OC)ccc3F)cc1)CC2. The van der Waals surface area contributed by atoms with Crippen molar-refractivity contribution >= 4 is 11.5 Å². The molecule has 1 aliphatic rings. The van der Waals surface area contributed by atoms with E-state index in [9.17, 15) is 9.18 Å². The molecule has 0 bridgehead atoms. The highest BCUT2D eigenvalue weighted by Gasteiger charge is 2.22. The molecule has 0 N–H and O–H groups in total. The predicted octanol–water partition coefficient (Wildman–Crippen LogP) is 6.14. The lowest BCUT2D eigenvalue weighted by molar-refractivity contribution is -0.134. The zero-order chi connectivity index (χ0) is 22.7. The van der Waals surface area contributed by atoms with Gasteiger partial charge in [-0.05, 0) is 71.9 Å². The third kappa shape index (κ3) is 4.52. The summed E-state index contributed by atoms with van der Waals surface area (Å²) in [5.41, 5.74) is 5.20. The van der Waals surface area contributed by atoms with Crippen LogP contribution in [0.4, 0.5) is 4.39 Å². The molecule has 32 heavy (non-hydrogen) atoms. The van der Waals surface area contributed by atoms with Crippen LogP contribution in [-0.4, -0.2) is 20.2 Å². The fourth-order valence-corrected chi connectivity index (χ4v) is 3.90. The van der Waals surface area contributed by atoms with Crippen molar-refractivity contribution in [2.24, 2.45) is 0 Å². The van der Waals surface area contributed by atoms with Crippen LogP contribution in [0.25, 0.3) is 16.7 Å². The summed E-state index contributed by atoms with van der Waals surface area (Å²) in [5, 5.41) is 0. The highest BCUT2D eigenvalue weighted by Crippen LogP contribution is 2.37. The van der Waals surface area contributed by atoms with Gasteiger partial charge in [-0.15, -0.1) is 0 Å². The smallest absolute Gasteiger partial charge is 0.330 e. The number of hydrogen-bond donors (Lipinski definition) is 0. The summed E-state index contributed by atoms with van der Waals surface area (Å²) in [6, 6.07) is 18.5. The lowest BCUT2D eigenvalue weighted by Crippen LogP contribution is -2.15. The van der Waals surface area contributed by atoms with E-state index in [1.54, 1.807) is 19.2 Å². The first-order valence-corrected chi connectivity index (χ1v) is 10.5. The lowest BCUT2D eigenvalue weighted by atomic mass is 9.94. The van der Waals surface area contributed by atoms with Gasteiger partial charge in [0.05, 0.1) is 14.2 Å². The topological polar surface area (TPSA) is 44.8 Å². The van der Waals surface area contributed by atoms with E-state index in [0.29, 0.717) is 11.3 Å². The first kappa shape index (κ1) is 21.6. The zero-order valence-corrected chi connectivity index (χ0v) is 18.4. The summed E-state index contributed by atoms with van der Waals surface area (Å²) in [7, 11) is 2.93. The van der Waals surface area contributed by atoms with Crippen molar-refractivity contribution in [3.8, 4) is 22.6 Å². The van der Waals surface area contributed by atoms with Gasteiger partial charge in [-0.1, -0.05) is 36.4 Å². The number of carbonyl (C=O) groups is 1. The fraction of sp³-hybridized carbons (Fsp3) is 0.222. The van der Waals surface area contributed by atoms with Crippen LogP contribution in [-0.2, 0) is 16.0 Å². The molecule has 3 aromatic rings. The summed E-state index contributed by atoms with van der Waals surface area (Å²) < 4.78 is 30.5. The van der Waals surface area contributed by atoms with Crippen LogP contribution in [0.1, 0.15) is 36.1 Å². The van der Waals surface area contributed by atoms with Crippen molar-refractivity contribution in [2.45, 2.75) is 25.9 Å². The molecule has 164 valence electrons. The van der Waals surface area contributed by atoms with Crippen molar-refractivity contribution in [2.75, 3.05) is 14.2 Å². The summed E-state index contributed by atoms with van der Waals surface area (Å²) in [6.45, 7) is 1.87. The van der Waals surface area contributed by atoms with Gasteiger partial charge in [0.25, 0.3) is 0 Å². The minimum atomic E-state index is -0.383. The molecule has 4 rings (SSSR count). The van der Waals surface area contributed by atoms with Gasteiger partial charge in [-0.3, -0.25) is 0 Å². The van der Waals surface area contributed by atoms with Gasteiger partial charge in [0, 0.05) is 11.6 Å². The quantitative estimate of drug-likeness (QED) is 0.359. The van der Waals surface area contributed by atoms with Gasteiger partial charge < -0.3 is 14.2 Å². The molecule has 1 aliphatic heterocycles. The molecule has 1 atom stereocenters. The van der Waals surface area contributed by atoms with Gasteiger partial charge >= 0.3 is 5.97 Å². The Morgan fingerprint density at radius 2 is 1.84 bits per heavy atom. The van der Waals surface area contributed by atoms with Crippen molar-refractivity contribution in [3.63, 3.8) is 0 Å². The Balaban J connectivity index is 1.55. The summed E-state index contributed by atoms with van der Waals surface area (Å²) in [5.74, 6) is 0.764. The van der Waals surface area contributed by atoms with E-state index in [0.717, 1.165) is 46.4 Å². The van der Waals surface area contributed by atoms with E-state index in [2.05, 4.69) is 0 Å². The van der Waals surface area contributed by atoms with E-state index in [-0.39, 0.29) is 17.9 Å². The van der Waals surface area contributed by atoms with Gasteiger partial charge in [0.2, 0.25) is 0 Å². The maximum absolute atomic E-state index is 14.3. The van der Waals surface area contributed by atoms with Gasteiger partial charge in [0.15, 0.2) is 0 Å². The number of esters is 1. The number of fused-ring (bicyclic) bond motifs is 1. The molecule has 1 unspecified atom stereocenters. The van der Waals surface area contributed by atoms with Crippen molar-refractivity contribution < 1.29 is 23.4 Å². The third-order valence-corrected chi connectivity index (χ3v) is 5.77. The molecule has 0 saturated carbocycles. The lowest BCUT2D eigenvalue weighted by Gasteiger charge is -2.27. The van der Waals surface area contributed by atoms with Crippen LogP contribution in [0.3, 0.4) is 0 Å². The van der Waals surface area contributed by atoms with Crippen molar-refractivity contribution in [3.05, 3.63) is 89.2 Å². The Morgan fingerprint density at radius 3 is 2.56 bits per heavy atom. The van der Waals surface area contributed by atoms with E-state index >= 15 is 0 Å². The average Bonchev–Trinajstić information content (AvgIpc) is 2.83. The Hall–Kier alpha value is -3.60. The van der Waals surface area contributed by atoms with E-state index in [4.69, 9.17) is 14.2 Å². The monoisotopic (exact) mass is 432 g/mol. The number of allylic oxidation sites excluding steroid dienone is 1. The van der Waals surface area contributed by atoms with Crippen LogP contribution in [0.5, 0.6) is 11.5 Å². The van der Waals surface area contributed by atoms with Gasteiger partial charge in [-0.2, -0.15) is 0 Å². The summed E-state index contributed by atoms with van der Waals surface area (Å²) >= 11 is 0. The van der Waals surface area contributed by atoms with Crippen LogP contribution in [0, 0.1) is 5.82 Å². The maximum atomic E-state index is 14.3. The number of halogens is 1. The van der Waals surface area contributed by atoms with Crippen LogP contribution < -0.4 is 9.47 Å². The van der Waals surface area contributed by atoms with Gasteiger partial charge in [0.1, 0.15) is 23.4 Å². The normalized spacial score (nSPS) is 15.5. The molecule has 0 fully saturated rings. The molecule has 1 heterocycles. The number of aryl methyl sites for hydroxylation is 1. The Kier molecular flexibility index (Phi) is 6.26.